The number of aryl methyl sites for hydroxylation is 1. The van der Waals surface area contributed by atoms with E-state index in [1.165, 1.54) is 18.2 Å². The van der Waals surface area contributed by atoms with Crippen LogP contribution in [-0.4, -0.2) is 22.2 Å². The first-order chi connectivity index (χ1) is 9.31. The van der Waals surface area contributed by atoms with Crippen LogP contribution in [0.1, 0.15) is 39.6 Å². The van der Waals surface area contributed by atoms with Crippen molar-refractivity contribution in [1.29, 1.82) is 0 Å². The average Bonchev–Trinajstić information content (AvgIpc) is 2.34. The molecule has 4 nitrogen and oxygen atoms in total. The lowest BCUT2D eigenvalue weighted by Crippen LogP contribution is -2.06. The SMILES string of the molecule is C=C(/C=C(\C)Br)CCc1cc(C(=O)O)ccc1C(=O)O. The molecule has 0 atom stereocenters. The van der Waals surface area contributed by atoms with Gasteiger partial charge in [0.1, 0.15) is 0 Å². The van der Waals surface area contributed by atoms with Gasteiger partial charge in [-0.05, 0) is 54.1 Å². The van der Waals surface area contributed by atoms with Gasteiger partial charge in [0, 0.05) is 0 Å². The van der Waals surface area contributed by atoms with Crippen molar-refractivity contribution in [2.24, 2.45) is 0 Å². The summed E-state index contributed by atoms with van der Waals surface area (Å²) in [6, 6.07) is 4.03. The van der Waals surface area contributed by atoms with E-state index >= 15 is 0 Å². The molecule has 0 saturated carbocycles. The van der Waals surface area contributed by atoms with Gasteiger partial charge in [0.05, 0.1) is 11.1 Å². The highest BCUT2D eigenvalue weighted by molar-refractivity contribution is 9.11. The van der Waals surface area contributed by atoms with E-state index in [2.05, 4.69) is 22.5 Å². The molecule has 0 unspecified atom stereocenters. The number of aromatic carboxylic acids is 2. The number of hydrogen-bond acceptors (Lipinski definition) is 2. The predicted molar refractivity (Wildman–Crippen MR) is 80.5 cm³/mol. The van der Waals surface area contributed by atoms with E-state index < -0.39 is 11.9 Å². The molecule has 0 bridgehead atoms. The zero-order valence-corrected chi connectivity index (χ0v) is 12.6. The second kappa shape index (κ2) is 7.05. The molecule has 0 amide bonds. The number of rotatable bonds is 6. The van der Waals surface area contributed by atoms with E-state index in [0.29, 0.717) is 18.4 Å². The van der Waals surface area contributed by atoms with Crippen molar-refractivity contribution < 1.29 is 19.8 Å². The summed E-state index contributed by atoms with van der Waals surface area (Å²) in [6.07, 6.45) is 2.84. The fourth-order valence-electron chi connectivity index (χ4n) is 1.79. The lowest BCUT2D eigenvalue weighted by Gasteiger charge is -2.08. The first-order valence-corrected chi connectivity index (χ1v) is 6.71. The molecule has 0 aliphatic carbocycles. The Morgan fingerprint density at radius 3 is 2.45 bits per heavy atom. The van der Waals surface area contributed by atoms with Crippen LogP contribution in [0.4, 0.5) is 0 Å². The van der Waals surface area contributed by atoms with Gasteiger partial charge in [-0.2, -0.15) is 0 Å². The molecule has 0 spiro atoms. The summed E-state index contributed by atoms with van der Waals surface area (Å²) in [5.41, 5.74) is 1.56. The van der Waals surface area contributed by atoms with Crippen LogP contribution in [-0.2, 0) is 6.42 Å². The van der Waals surface area contributed by atoms with Crippen LogP contribution in [0.3, 0.4) is 0 Å². The second-order valence-corrected chi connectivity index (χ2v) is 5.62. The topological polar surface area (TPSA) is 74.6 Å². The number of carboxylic acid groups (broad SMARTS) is 2. The molecule has 20 heavy (non-hydrogen) atoms. The van der Waals surface area contributed by atoms with E-state index in [4.69, 9.17) is 10.2 Å². The minimum atomic E-state index is -1.07. The van der Waals surface area contributed by atoms with Crippen LogP contribution in [0.25, 0.3) is 0 Å². The molecule has 2 N–H and O–H groups in total. The highest BCUT2D eigenvalue weighted by Crippen LogP contribution is 2.18. The van der Waals surface area contributed by atoms with Gasteiger partial charge in [-0.15, -0.1) is 0 Å². The largest absolute Gasteiger partial charge is 0.478 e. The van der Waals surface area contributed by atoms with E-state index in [1.54, 1.807) is 0 Å². The predicted octanol–water partition coefficient (Wildman–Crippen LogP) is 3.87. The summed E-state index contributed by atoms with van der Waals surface area (Å²) in [5.74, 6) is -2.13. The van der Waals surface area contributed by atoms with E-state index in [9.17, 15) is 9.59 Å². The Kier molecular flexibility index (Phi) is 5.70. The summed E-state index contributed by atoms with van der Waals surface area (Å²) < 4.78 is 0.931. The van der Waals surface area contributed by atoms with Gasteiger partial charge < -0.3 is 10.2 Å². The van der Waals surface area contributed by atoms with Crippen molar-refractivity contribution in [3.8, 4) is 0 Å². The van der Waals surface area contributed by atoms with Crippen LogP contribution in [0.15, 0.2) is 40.9 Å². The molecule has 0 radical (unpaired) electrons. The molecular formula is C15H15BrO4. The summed E-state index contributed by atoms with van der Waals surface area (Å²) in [7, 11) is 0. The van der Waals surface area contributed by atoms with Gasteiger partial charge in [-0.1, -0.05) is 28.1 Å². The van der Waals surface area contributed by atoms with Gasteiger partial charge in [-0.25, -0.2) is 9.59 Å². The number of carboxylic acids is 2. The maximum Gasteiger partial charge on any atom is 0.335 e. The first-order valence-electron chi connectivity index (χ1n) is 5.92. The maximum absolute atomic E-state index is 11.1. The Hall–Kier alpha value is -1.88. The van der Waals surface area contributed by atoms with Crippen molar-refractivity contribution >= 4 is 27.9 Å². The zero-order chi connectivity index (χ0) is 15.3. The average molecular weight is 339 g/mol. The number of benzene rings is 1. The Balaban J connectivity index is 2.99. The second-order valence-electron chi connectivity index (χ2n) is 4.37. The zero-order valence-electron chi connectivity index (χ0n) is 11.0. The fraction of sp³-hybridized carbons (Fsp3) is 0.200. The lowest BCUT2D eigenvalue weighted by molar-refractivity contribution is 0.0680. The summed E-state index contributed by atoms with van der Waals surface area (Å²) in [5, 5.41) is 18.1. The molecular weight excluding hydrogens is 324 g/mol. The summed E-state index contributed by atoms with van der Waals surface area (Å²) in [4.78, 5) is 22.1. The molecule has 106 valence electrons. The van der Waals surface area contributed by atoms with Crippen LogP contribution < -0.4 is 0 Å². The number of hydrogen-bond donors (Lipinski definition) is 2. The summed E-state index contributed by atoms with van der Waals surface area (Å²) >= 11 is 3.30. The van der Waals surface area contributed by atoms with Crippen LogP contribution in [0.2, 0.25) is 0 Å². The Morgan fingerprint density at radius 2 is 1.95 bits per heavy atom. The lowest BCUT2D eigenvalue weighted by atomic mass is 9.98. The minimum absolute atomic E-state index is 0.0860. The monoisotopic (exact) mass is 338 g/mol. The highest BCUT2D eigenvalue weighted by atomic mass is 79.9. The van der Waals surface area contributed by atoms with Gasteiger partial charge in [0.15, 0.2) is 0 Å². The van der Waals surface area contributed by atoms with Crippen molar-refractivity contribution in [2.75, 3.05) is 0 Å². The first kappa shape index (κ1) is 16.2. The Labute approximate surface area is 125 Å². The highest BCUT2D eigenvalue weighted by Gasteiger charge is 2.13. The molecule has 1 aromatic rings. The van der Waals surface area contributed by atoms with Gasteiger partial charge in [0.2, 0.25) is 0 Å². The fourth-order valence-corrected chi connectivity index (χ4v) is 2.11. The molecule has 1 aromatic carbocycles. The third kappa shape index (κ3) is 4.66. The van der Waals surface area contributed by atoms with Crippen molar-refractivity contribution in [3.63, 3.8) is 0 Å². The molecule has 0 aliphatic rings. The molecule has 1 rings (SSSR count). The molecule has 0 saturated heterocycles. The normalized spacial score (nSPS) is 11.2. The van der Waals surface area contributed by atoms with Crippen molar-refractivity contribution in [3.05, 3.63) is 57.6 Å². The summed E-state index contributed by atoms with van der Waals surface area (Å²) in [6.45, 7) is 5.75. The maximum atomic E-state index is 11.1. The van der Waals surface area contributed by atoms with Crippen LogP contribution in [0.5, 0.6) is 0 Å². The molecule has 0 fully saturated rings. The Bertz CT molecular complexity index is 584. The van der Waals surface area contributed by atoms with Gasteiger partial charge in [-0.3, -0.25) is 0 Å². The third-order valence-corrected chi connectivity index (χ3v) is 2.93. The standard InChI is InChI=1S/C15H15BrO4/c1-9(7-10(2)16)3-4-11-8-12(14(17)18)5-6-13(11)15(19)20/h5-8H,1,3-4H2,2H3,(H,17,18)(H,19,20)/b10-7+. The van der Waals surface area contributed by atoms with E-state index in [1.807, 2.05) is 13.0 Å². The van der Waals surface area contributed by atoms with Crippen LogP contribution in [0, 0.1) is 0 Å². The van der Waals surface area contributed by atoms with Gasteiger partial charge in [0.25, 0.3) is 0 Å². The quantitative estimate of drug-likeness (QED) is 0.772. The third-order valence-electron chi connectivity index (χ3n) is 2.70. The molecule has 0 aromatic heterocycles. The number of carbonyl (C=O) groups is 2. The number of allylic oxidation sites excluding steroid dienone is 3. The molecule has 0 heterocycles. The van der Waals surface area contributed by atoms with E-state index in [-0.39, 0.29) is 11.1 Å². The van der Waals surface area contributed by atoms with Crippen LogP contribution >= 0.6 is 15.9 Å². The Morgan fingerprint density at radius 1 is 1.30 bits per heavy atom. The molecule has 0 aliphatic heterocycles. The van der Waals surface area contributed by atoms with Gasteiger partial charge >= 0.3 is 11.9 Å². The van der Waals surface area contributed by atoms with Crippen molar-refractivity contribution in [1.82, 2.24) is 0 Å². The van der Waals surface area contributed by atoms with Crippen molar-refractivity contribution in [2.45, 2.75) is 19.8 Å². The number of halogens is 1. The molecule has 5 heteroatoms. The smallest absolute Gasteiger partial charge is 0.335 e. The van der Waals surface area contributed by atoms with E-state index in [0.717, 1.165) is 10.1 Å². The minimum Gasteiger partial charge on any atom is -0.478 e.